The largest absolute Gasteiger partial charge is 0.504 e. The zero-order valence-corrected chi connectivity index (χ0v) is 9.59. The number of rotatable bonds is 2. The monoisotopic (exact) mass is 281 g/mol. The molecule has 14 heavy (non-hydrogen) atoms. The molecule has 0 unspecified atom stereocenters. The topological polar surface area (TPSA) is 89.6 Å². The van der Waals surface area contributed by atoms with Crippen molar-refractivity contribution in [1.82, 2.24) is 0 Å². The summed E-state index contributed by atoms with van der Waals surface area (Å²) in [5, 5.41) is 14.2. The molecule has 0 spiro atoms. The number of ether oxygens (including phenoxy) is 1. The Balaban J connectivity index is 3.44. The van der Waals surface area contributed by atoms with Gasteiger partial charge in [-0.25, -0.2) is 13.6 Å². The lowest BCUT2D eigenvalue weighted by Crippen LogP contribution is -2.12. The first-order valence-electron chi connectivity index (χ1n) is 3.45. The fraction of sp³-hybridized carbons (Fsp3) is 0.143. The van der Waals surface area contributed by atoms with Gasteiger partial charge in [-0.2, -0.15) is 0 Å². The Morgan fingerprint density at radius 3 is 2.50 bits per heavy atom. The van der Waals surface area contributed by atoms with Crippen LogP contribution in [0.2, 0.25) is 0 Å². The molecule has 7 heteroatoms. The van der Waals surface area contributed by atoms with Crippen molar-refractivity contribution >= 4 is 26.0 Å². The van der Waals surface area contributed by atoms with Crippen molar-refractivity contribution in [3.05, 3.63) is 16.6 Å². The zero-order chi connectivity index (χ0) is 10.9. The number of nitrogens with two attached hydrogens (primary N) is 1. The summed E-state index contributed by atoms with van der Waals surface area (Å²) in [4.78, 5) is -0.184. The lowest BCUT2D eigenvalue weighted by Gasteiger charge is -2.07. The van der Waals surface area contributed by atoms with Crippen molar-refractivity contribution in [3.8, 4) is 11.5 Å². The number of primary sulfonamides is 1. The van der Waals surface area contributed by atoms with E-state index in [-0.39, 0.29) is 20.9 Å². The Morgan fingerprint density at radius 2 is 2.07 bits per heavy atom. The minimum absolute atomic E-state index is 0.171. The first-order valence-corrected chi connectivity index (χ1v) is 5.79. The molecular formula is C7H8BrNO4S. The average Bonchev–Trinajstić information content (AvgIpc) is 2.06. The molecule has 0 fully saturated rings. The quantitative estimate of drug-likeness (QED) is 0.840. The zero-order valence-electron chi connectivity index (χ0n) is 7.19. The molecule has 78 valence electrons. The van der Waals surface area contributed by atoms with Crippen LogP contribution in [0.5, 0.6) is 11.5 Å². The highest BCUT2D eigenvalue weighted by Crippen LogP contribution is 2.33. The molecule has 0 radical (unpaired) electrons. The second kappa shape index (κ2) is 3.76. The van der Waals surface area contributed by atoms with Gasteiger partial charge in [0, 0.05) is 10.5 Å². The van der Waals surface area contributed by atoms with E-state index in [1.807, 2.05) is 0 Å². The Kier molecular flexibility index (Phi) is 3.03. The fourth-order valence-corrected chi connectivity index (χ4v) is 2.51. The van der Waals surface area contributed by atoms with E-state index in [1.165, 1.54) is 13.2 Å². The third-order valence-corrected chi connectivity index (χ3v) is 3.41. The van der Waals surface area contributed by atoms with E-state index >= 15 is 0 Å². The van der Waals surface area contributed by atoms with Crippen molar-refractivity contribution in [3.63, 3.8) is 0 Å². The maximum absolute atomic E-state index is 11.0. The Morgan fingerprint density at radius 1 is 1.50 bits per heavy atom. The molecule has 0 aromatic heterocycles. The summed E-state index contributed by atoms with van der Waals surface area (Å²) in [6.07, 6.45) is 0. The molecule has 0 saturated carbocycles. The highest BCUT2D eigenvalue weighted by atomic mass is 79.9. The summed E-state index contributed by atoms with van der Waals surface area (Å²) >= 11 is 3.01. The summed E-state index contributed by atoms with van der Waals surface area (Å²) in [6.45, 7) is 0. The van der Waals surface area contributed by atoms with Crippen LogP contribution in [0.25, 0.3) is 0 Å². The molecule has 0 saturated heterocycles. The number of sulfonamides is 1. The second-order valence-corrected chi connectivity index (χ2v) is 4.88. The third kappa shape index (κ3) is 2.17. The van der Waals surface area contributed by atoms with E-state index in [1.54, 1.807) is 0 Å². The van der Waals surface area contributed by atoms with Crippen molar-refractivity contribution in [2.45, 2.75) is 4.90 Å². The van der Waals surface area contributed by atoms with Gasteiger partial charge in [-0.15, -0.1) is 0 Å². The molecule has 0 amide bonds. The summed E-state index contributed by atoms with van der Waals surface area (Å²) in [5.74, 6) is -0.107. The van der Waals surface area contributed by atoms with E-state index in [2.05, 4.69) is 15.9 Å². The number of phenols is 1. The molecule has 1 aromatic carbocycles. The van der Waals surface area contributed by atoms with Crippen LogP contribution in [0, 0.1) is 0 Å². The van der Waals surface area contributed by atoms with Gasteiger partial charge in [-0.1, -0.05) is 0 Å². The average molecular weight is 282 g/mol. The van der Waals surface area contributed by atoms with Crippen LogP contribution < -0.4 is 9.88 Å². The first kappa shape index (κ1) is 11.3. The van der Waals surface area contributed by atoms with Crippen molar-refractivity contribution in [2.75, 3.05) is 7.11 Å². The number of methoxy groups -OCH3 is 1. The van der Waals surface area contributed by atoms with Gasteiger partial charge in [-0.3, -0.25) is 0 Å². The molecular weight excluding hydrogens is 274 g/mol. The van der Waals surface area contributed by atoms with Gasteiger partial charge in [0.1, 0.15) is 0 Å². The minimum Gasteiger partial charge on any atom is -0.504 e. The molecule has 5 nitrogen and oxygen atoms in total. The molecule has 0 bridgehead atoms. The number of halogens is 1. The van der Waals surface area contributed by atoms with Crippen LogP contribution in [-0.4, -0.2) is 20.6 Å². The molecule has 3 N–H and O–H groups in total. The number of benzene rings is 1. The van der Waals surface area contributed by atoms with E-state index in [9.17, 15) is 13.5 Å². The molecule has 1 rings (SSSR count). The fourth-order valence-electron chi connectivity index (χ4n) is 0.906. The summed E-state index contributed by atoms with van der Waals surface area (Å²) in [7, 11) is -2.48. The van der Waals surface area contributed by atoms with Crippen LogP contribution in [-0.2, 0) is 10.0 Å². The normalized spacial score (nSPS) is 11.4. The van der Waals surface area contributed by atoms with Gasteiger partial charge < -0.3 is 9.84 Å². The maximum Gasteiger partial charge on any atom is 0.239 e. The van der Waals surface area contributed by atoms with Gasteiger partial charge >= 0.3 is 0 Å². The Bertz CT molecular complexity index is 457. The maximum atomic E-state index is 11.0. The van der Waals surface area contributed by atoms with E-state index in [0.29, 0.717) is 0 Å². The first-order chi connectivity index (χ1) is 6.36. The Hall–Kier alpha value is -0.790. The second-order valence-electron chi connectivity index (χ2n) is 2.50. The van der Waals surface area contributed by atoms with Crippen LogP contribution in [0.3, 0.4) is 0 Å². The van der Waals surface area contributed by atoms with Crippen LogP contribution >= 0.6 is 15.9 Å². The number of hydrogen-bond acceptors (Lipinski definition) is 4. The highest BCUT2D eigenvalue weighted by molar-refractivity contribution is 9.10. The van der Waals surface area contributed by atoms with Crippen molar-refractivity contribution < 1.29 is 18.3 Å². The van der Waals surface area contributed by atoms with E-state index < -0.39 is 10.0 Å². The predicted molar refractivity (Wildman–Crippen MR) is 53.7 cm³/mol. The third-order valence-electron chi connectivity index (χ3n) is 1.54. The molecule has 0 aliphatic heterocycles. The lowest BCUT2D eigenvalue weighted by molar-refractivity contribution is 0.372. The van der Waals surface area contributed by atoms with E-state index in [0.717, 1.165) is 6.07 Å². The van der Waals surface area contributed by atoms with Crippen LogP contribution in [0.1, 0.15) is 0 Å². The molecule has 0 aliphatic rings. The standard InChI is InChI=1S/C7H8BrNO4S/c1-13-6-2-4(8)7(3-5(6)10)14(9,11)12/h2-3,10H,1H3,(H2,9,11,12). The van der Waals surface area contributed by atoms with Gasteiger partial charge in [0.25, 0.3) is 0 Å². The molecule has 0 atom stereocenters. The minimum atomic E-state index is -3.84. The number of hydrogen-bond donors (Lipinski definition) is 2. The summed E-state index contributed by atoms with van der Waals surface area (Å²) < 4.78 is 27.0. The lowest BCUT2D eigenvalue weighted by atomic mass is 10.3. The molecule has 0 aliphatic carbocycles. The van der Waals surface area contributed by atoms with Gasteiger partial charge in [0.2, 0.25) is 10.0 Å². The van der Waals surface area contributed by atoms with Crippen LogP contribution in [0.4, 0.5) is 0 Å². The highest BCUT2D eigenvalue weighted by Gasteiger charge is 2.16. The van der Waals surface area contributed by atoms with E-state index in [4.69, 9.17) is 9.88 Å². The van der Waals surface area contributed by atoms with Gasteiger partial charge in [0.05, 0.1) is 12.0 Å². The number of phenolic OH excluding ortho intramolecular Hbond substituents is 1. The van der Waals surface area contributed by atoms with Crippen molar-refractivity contribution in [2.24, 2.45) is 5.14 Å². The SMILES string of the molecule is COc1cc(Br)c(S(N)(=O)=O)cc1O. The number of aromatic hydroxyl groups is 1. The predicted octanol–water partition coefficient (Wildman–Crippen LogP) is 0.811. The summed E-state index contributed by atoms with van der Waals surface area (Å²) in [6, 6.07) is 2.35. The smallest absolute Gasteiger partial charge is 0.239 e. The van der Waals surface area contributed by atoms with Crippen molar-refractivity contribution in [1.29, 1.82) is 0 Å². The van der Waals surface area contributed by atoms with Crippen LogP contribution in [0.15, 0.2) is 21.5 Å². The van der Waals surface area contributed by atoms with Gasteiger partial charge in [0.15, 0.2) is 11.5 Å². The molecule has 1 aromatic rings. The van der Waals surface area contributed by atoms with Gasteiger partial charge in [-0.05, 0) is 22.0 Å². The molecule has 0 heterocycles. The summed E-state index contributed by atoms with van der Waals surface area (Å²) in [5.41, 5.74) is 0. The Labute approximate surface area is 89.7 Å².